The maximum Gasteiger partial charge on any atom is 0.244 e. The van der Waals surface area contributed by atoms with E-state index in [9.17, 15) is 8.42 Å². The summed E-state index contributed by atoms with van der Waals surface area (Å²) in [6.07, 6.45) is 4.00. The molecule has 1 aromatic rings. The highest BCUT2D eigenvalue weighted by Gasteiger charge is 2.33. The molecule has 1 aliphatic carbocycles. The van der Waals surface area contributed by atoms with Gasteiger partial charge in [-0.25, -0.2) is 8.42 Å². The van der Waals surface area contributed by atoms with Crippen molar-refractivity contribution in [2.45, 2.75) is 42.6 Å². The molecule has 1 saturated heterocycles. The lowest BCUT2D eigenvalue weighted by molar-refractivity contribution is 0.159. The number of aromatic nitrogens is 1. The summed E-state index contributed by atoms with van der Waals surface area (Å²) in [7, 11) is -1.38. The summed E-state index contributed by atoms with van der Waals surface area (Å²) >= 11 is 5.96. The molecular formula is C14H22ClN3O2S. The molecular weight excluding hydrogens is 310 g/mol. The van der Waals surface area contributed by atoms with Crippen molar-refractivity contribution >= 4 is 21.6 Å². The van der Waals surface area contributed by atoms with Crippen LogP contribution < -0.4 is 0 Å². The van der Waals surface area contributed by atoms with Gasteiger partial charge < -0.3 is 9.47 Å². The van der Waals surface area contributed by atoms with Crippen LogP contribution >= 0.6 is 11.6 Å². The van der Waals surface area contributed by atoms with Gasteiger partial charge in [-0.2, -0.15) is 4.31 Å². The Morgan fingerprint density at radius 2 is 2.05 bits per heavy atom. The van der Waals surface area contributed by atoms with E-state index in [1.165, 1.54) is 0 Å². The molecule has 21 heavy (non-hydrogen) atoms. The van der Waals surface area contributed by atoms with Crippen molar-refractivity contribution < 1.29 is 8.42 Å². The predicted octanol–water partition coefficient (Wildman–Crippen LogP) is 1.89. The first kappa shape index (κ1) is 15.3. The average Bonchev–Trinajstić information content (AvgIpc) is 3.20. The van der Waals surface area contributed by atoms with Crippen LogP contribution in [0, 0.1) is 0 Å². The van der Waals surface area contributed by atoms with E-state index in [1.54, 1.807) is 16.6 Å². The van der Waals surface area contributed by atoms with Crippen LogP contribution in [0.25, 0.3) is 0 Å². The normalized spacial score (nSPS) is 25.4. The van der Waals surface area contributed by atoms with Crippen molar-refractivity contribution in [3.05, 3.63) is 18.0 Å². The Balaban J connectivity index is 1.88. The number of halogens is 1. The van der Waals surface area contributed by atoms with E-state index in [0.717, 1.165) is 25.1 Å². The third-order valence-corrected chi connectivity index (χ3v) is 6.65. The minimum Gasteiger partial charge on any atom is -0.346 e. The number of likely N-dealkylation sites (N-methyl/N-ethyl adjacent to an activating group) is 1. The van der Waals surface area contributed by atoms with Crippen molar-refractivity contribution in [3.8, 4) is 0 Å². The Morgan fingerprint density at radius 1 is 1.33 bits per heavy atom. The van der Waals surface area contributed by atoms with E-state index in [-0.39, 0.29) is 6.04 Å². The Labute approximate surface area is 131 Å². The Hall–Kier alpha value is -0.560. The number of rotatable bonds is 4. The average molecular weight is 332 g/mol. The van der Waals surface area contributed by atoms with E-state index in [2.05, 4.69) is 11.8 Å². The molecule has 0 amide bonds. The smallest absolute Gasteiger partial charge is 0.244 e. The number of hydrogen-bond donors (Lipinski definition) is 0. The van der Waals surface area contributed by atoms with Crippen LogP contribution in [-0.2, 0) is 15.9 Å². The molecule has 3 rings (SSSR count). The zero-order valence-electron chi connectivity index (χ0n) is 12.5. The number of hydrogen-bond acceptors (Lipinski definition) is 3. The summed E-state index contributed by atoms with van der Waals surface area (Å²) in [5.74, 6) is 0.352. The minimum atomic E-state index is -3.41. The van der Waals surface area contributed by atoms with Crippen molar-refractivity contribution in [2.75, 3.05) is 26.7 Å². The first-order valence-electron chi connectivity index (χ1n) is 7.40. The van der Waals surface area contributed by atoms with Gasteiger partial charge in [0.2, 0.25) is 10.0 Å². The summed E-state index contributed by atoms with van der Waals surface area (Å²) in [6, 6.07) is 2.42. The largest absolute Gasteiger partial charge is 0.346 e. The summed E-state index contributed by atoms with van der Waals surface area (Å²) in [5, 5.41) is 0. The van der Waals surface area contributed by atoms with Crippen molar-refractivity contribution in [1.29, 1.82) is 0 Å². The van der Waals surface area contributed by atoms with Gasteiger partial charge in [0.25, 0.3) is 0 Å². The van der Waals surface area contributed by atoms with Gasteiger partial charge in [0.1, 0.15) is 4.90 Å². The van der Waals surface area contributed by atoms with Gasteiger partial charge in [0.15, 0.2) is 0 Å². The van der Waals surface area contributed by atoms with Crippen molar-refractivity contribution in [2.24, 2.45) is 0 Å². The van der Waals surface area contributed by atoms with E-state index in [0.29, 0.717) is 29.9 Å². The summed E-state index contributed by atoms with van der Waals surface area (Å²) in [6.45, 7) is 3.92. The maximum atomic E-state index is 12.8. The van der Waals surface area contributed by atoms with E-state index < -0.39 is 10.0 Å². The number of piperazine rings is 1. The van der Waals surface area contributed by atoms with Crippen LogP contribution in [0.5, 0.6) is 0 Å². The predicted molar refractivity (Wildman–Crippen MR) is 83.1 cm³/mol. The molecule has 1 unspecified atom stereocenters. The molecule has 2 aliphatic rings. The van der Waals surface area contributed by atoms with Gasteiger partial charge in [-0.05, 0) is 32.9 Å². The molecule has 0 bridgehead atoms. The van der Waals surface area contributed by atoms with E-state index >= 15 is 0 Å². The van der Waals surface area contributed by atoms with Gasteiger partial charge in [-0.1, -0.05) is 0 Å². The number of alkyl halides is 1. The van der Waals surface area contributed by atoms with Gasteiger partial charge in [-0.15, -0.1) is 11.6 Å². The molecule has 1 saturated carbocycles. The van der Waals surface area contributed by atoms with Gasteiger partial charge in [0.05, 0.1) is 5.88 Å². The molecule has 5 nitrogen and oxygen atoms in total. The lowest BCUT2D eigenvalue weighted by Crippen LogP contribution is -2.51. The van der Waals surface area contributed by atoms with Crippen LogP contribution in [-0.4, -0.2) is 54.9 Å². The molecule has 1 aliphatic heterocycles. The SMILES string of the molecule is CC1CN(S(=O)(=O)c2cc(CCl)n(C3CC3)c2)CCN1C. The lowest BCUT2D eigenvalue weighted by Gasteiger charge is -2.36. The summed E-state index contributed by atoms with van der Waals surface area (Å²) in [5.41, 5.74) is 0.903. The maximum absolute atomic E-state index is 12.8. The molecule has 2 fully saturated rings. The molecule has 0 aromatic carbocycles. The first-order valence-corrected chi connectivity index (χ1v) is 9.38. The zero-order valence-corrected chi connectivity index (χ0v) is 14.1. The zero-order chi connectivity index (χ0) is 15.2. The van der Waals surface area contributed by atoms with Gasteiger partial charge in [-0.3, -0.25) is 0 Å². The monoisotopic (exact) mass is 331 g/mol. The van der Waals surface area contributed by atoms with Gasteiger partial charge in [0, 0.05) is 43.6 Å². The van der Waals surface area contributed by atoms with Crippen LogP contribution in [0.1, 0.15) is 31.5 Å². The number of sulfonamides is 1. The third-order valence-electron chi connectivity index (χ3n) is 4.54. The Bertz CT molecular complexity index is 624. The first-order chi connectivity index (χ1) is 9.93. The lowest BCUT2D eigenvalue weighted by atomic mass is 10.2. The second kappa shape index (κ2) is 5.57. The highest BCUT2D eigenvalue weighted by Crippen LogP contribution is 2.38. The van der Waals surface area contributed by atoms with E-state index in [1.807, 2.05) is 11.6 Å². The molecule has 1 atom stereocenters. The fourth-order valence-electron chi connectivity index (χ4n) is 2.82. The fraction of sp³-hybridized carbons (Fsp3) is 0.714. The number of nitrogens with zero attached hydrogens (tertiary/aromatic N) is 3. The highest BCUT2D eigenvalue weighted by atomic mass is 35.5. The molecule has 118 valence electrons. The summed E-state index contributed by atoms with van der Waals surface area (Å²) < 4.78 is 29.3. The highest BCUT2D eigenvalue weighted by molar-refractivity contribution is 7.89. The second-order valence-electron chi connectivity index (χ2n) is 6.13. The van der Waals surface area contributed by atoms with Gasteiger partial charge >= 0.3 is 0 Å². The van der Waals surface area contributed by atoms with Crippen molar-refractivity contribution in [3.63, 3.8) is 0 Å². The Morgan fingerprint density at radius 3 is 2.62 bits per heavy atom. The fourth-order valence-corrected chi connectivity index (χ4v) is 4.60. The van der Waals surface area contributed by atoms with Crippen LogP contribution in [0.4, 0.5) is 0 Å². The van der Waals surface area contributed by atoms with Crippen LogP contribution in [0.15, 0.2) is 17.2 Å². The van der Waals surface area contributed by atoms with E-state index in [4.69, 9.17) is 11.6 Å². The quantitative estimate of drug-likeness (QED) is 0.791. The molecule has 7 heteroatoms. The Kier molecular flexibility index (Phi) is 4.07. The molecule has 0 radical (unpaired) electrons. The standard InChI is InChI=1S/C14H22ClN3O2S/c1-11-9-17(6-5-16(11)2)21(19,20)14-7-13(8-15)18(10-14)12-3-4-12/h7,10-12H,3-6,8-9H2,1-2H3. The molecule has 1 aromatic heterocycles. The molecule has 0 spiro atoms. The topological polar surface area (TPSA) is 45.6 Å². The van der Waals surface area contributed by atoms with Crippen LogP contribution in [0.3, 0.4) is 0 Å². The molecule has 0 N–H and O–H groups in total. The molecule has 2 heterocycles. The van der Waals surface area contributed by atoms with Crippen molar-refractivity contribution in [1.82, 2.24) is 13.8 Å². The third kappa shape index (κ3) is 2.86. The van der Waals surface area contributed by atoms with Crippen LogP contribution in [0.2, 0.25) is 0 Å². The minimum absolute atomic E-state index is 0.242. The summed E-state index contributed by atoms with van der Waals surface area (Å²) in [4.78, 5) is 2.58. The second-order valence-corrected chi connectivity index (χ2v) is 8.34.